The molecule has 6 heteroatoms. The monoisotopic (exact) mass is 273 g/mol. The van der Waals surface area contributed by atoms with E-state index in [1.54, 1.807) is 6.07 Å². The molecule has 0 fully saturated rings. The lowest BCUT2D eigenvalue weighted by atomic mass is 10.3. The molecule has 5 nitrogen and oxygen atoms in total. The molecule has 0 saturated heterocycles. The topological polar surface area (TPSA) is 64.6 Å². The second-order valence-corrected chi connectivity index (χ2v) is 6.10. The van der Waals surface area contributed by atoms with Gasteiger partial charge in [-0.1, -0.05) is 6.07 Å². The number of benzene rings is 1. The van der Waals surface area contributed by atoms with Crippen molar-refractivity contribution in [2.24, 2.45) is 0 Å². The highest BCUT2D eigenvalue weighted by atomic mass is 32.2. The minimum Gasteiger partial charge on any atom is -0.467 e. The van der Waals surface area contributed by atoms with Gasteiger partial charge >= 0.3 is 0 Å². The van der Waals surface area contributed by atoms with Gasteiger partial charge in [-0.3, -0.25) is 0 Å². The van der Waals surface area contributed by atoms with Crippen LogP contribution in [0.4, 0.5) is 5.69 Å². The summed E-state index contributed by atoms with van der Waals surface area (Å²) in [5.74, 6) is 0.796. The summed E-state index contributed by atoms with van der Waals surface area (Å²) in [6, 6.07) is 7.32. The van der Waals surface area contributed by atoms with E-state index in [2.05, 4.69) is 5.32 Å². The van der Waals surface area contributed by atoms with Crippen LogP contribution in [-0.2, 0) is 14.6 Å². The minimum atomic E-state index is -2.94. The molecule has 0 heterocycles. The van der Waals surface area contributed by atoms with Gasteiger partial charge in [-0.05, 0) is 19.1 Å². The highest BCUT2D eigenvalue weighted by Crippen LogP contribution is 2.17. The third-order valence-corrected chi connectivity index (χ3v) is 3.09. The molecule has 0 unspecified atom stereocenters. The zero-order valence-electron chi connectivity index (χ0n) is 10.7. The van der Waals surface area contributed by atoms with Crippen LogP contribution < -0.4 is 10.1 Å². The van der Waals surface area contributed by atoms with Crippen molar-refractivity contribution in [2.45, 2.75) is 6.92 Å². The maximum Gasteiger partial charge on any atom is 0.189 e. The zero-order chi connectivity index (χ0) is 13.4. The zero-order valence-corrected chi connectivity index (χ0v) is 11.5. The molecule has 0 saturated carbocycles. The fourth-order valence-electron chi connectivity index (χ4n) is 1.27. The van der Waals surface area contributed by atoms with Gasteiger partial charge in [0.15, 0.2) is 6.79 Å². The molecule has 0 radical (unpaired) electrons. The summed E-state index contributed by atoms with van der Waals surface area (Å²) in [6.07, 6.45) is 1.22. The van der Waals surface area contributed by atoms with Gasteiger partial charge in [-0.15, -0.1) is 0 Å². The maximum atomic E-state index is 11.0. The molecule has 0 aliphatic carbocycles. The lowest BCUT2D eigenvalue weighted by Gasteiger charge is -2.09. The lowest BCUT2D eigenvalue weighted by Crippen LogP contribution is -2.14. The Balaban J connectivity index is 2.44. The van der Waals surface area contributed by atoms with E-state index in [1.165, 1.54) is 6.26 Å². The maximum absolute atomic E-state index is 11.0. The molecule has 1 aromatic carbocycles. The quantitative estimate of drug-likeness (QED) is 0.574. The van der Waals surface area contributed by atoms with E-state index >= 15 is 0 Å². The van der Waals surface area contributed by atoms with Crippen molar-refractivity contribution in [3.8, 4) is 5.75 Å². The number of anilines is 1. The summed E-state index contributed by atoms with van der Waals surface area (Å²) in [4.78, 5) is 0. The average molecular weight is 273 g/mol. The second-order valence-electron chi connectivity index (χ2n) is 3.84. The van der Waals surface area contributed by atoms with Crippen molar-refractivity contribution < 1.29 is 17.9 Å². The third kappa shape index (κ3) is 6.46. The fourth-order valence-corrected chi connectivity index (χ4v) is 1.74. The van der Waals surface area contributed by atoms with Gasteiger partial charge in [0.2, 0.25) is 0 Å². The summed E-state index contributed by atoms with van der Waals surface area (Å²) in [7, 11) is -2.94. The molecular weight excluding hydrogens is 254 g/mol. The van der Waals surface area contributed by atoms with Gasteiger partial charge in [0, 0.05) is 31.2 Å². The van der Waals surface area contributed by atoms with Gasteiger partial charge in [0.05, 0.1) is 5.75 Å². The van der Waals surface area contributed by atoms with Gasteiger partial charge in [0.25, 0.3) is 0 Å². The average Bonchev–Trinajstić information content (AvgIpc) is 2.28. The fraction of sp³-hybridized carbons (Fsp3) is 0.500. The molecule has 0 amide bonds. The molecule has 0 atom stereocenters. The Labute approximate surface area is 108 Å². The first-order chi connectivity index (χ1) is 8.51. The Kier molecular flexibility index (Phi) is 5.94. The molecule has 0 aliphatic rings. The molecule has 1 rings (SSSR count). The molecule has 0 aromatic heterocycles. The summed E-state index contributed by atoms with van der Waals surface area (Å²) in [6.45, 7) is 3.09. The smallest absolute Gasteiger partial charge is 0.189 e. The normalized spacial score (nSPS) is 11.2. The van der Waals surface area contributed by atoms with E-state index in [0.29, 0.717) is 18.9 Å². The van der Waals surface area contributed by atoms with Crippen molar-refractivity contribution in [3.63, 3.8) is 0 Å². The summed E-state index contributed by atoms with van der Waals surface area (Å²) >= 11 is 0. The van der Waals surface area contributed by atoms with Crippen LogP contribution in [0.2, 0.25) is 0 Å². The lowest BCUT2D eigenvalue weighted by molar-refractivity contribution is 0.0224. The van der Waals surface area contributed by atoms with Crippen LogP contribution in [0, 0.1) is 0 Å². The van der Waals surface area contributed by atoms with Crippen LogP contribution in [0.15, 0.2) is 24.3 Å². The SMILES string of the molecule is CCOCOc1cccc(NCCS(C)(=O)=O)c1. The van der Waals surface area contributed by atoms with Crippen molar-refractivity contribution >= 4 is 15.5 Å². The summed E-state index contributed by atoms with van der Waals surface area (Å²) in [5, 5.41) is 3.03. The molecule has 102 valence electrons. The van der Waals surface area contributed by atoms with E-state index in [1.807, 2.05) is 25.1 Å². The van der Waals surface area contributed by atoms with Crippen LogP contribution in [-0.4, -0.2) is 40.4 Å². The van der Waals surface area contributed by atoms with Crippen LogP contribution in [0.1, 0.15) is 6.92 Å². The van der Waals surface area contributed by atoms with Crippen molar-refractivity contribution in [3.05, 3.63) is 24.3 Å². The van der Waals surface area contributed by atoms with Crippen molar-refractivity contribution in [1.29, 1.82) is 0 Å². The highest BCUT2D eigenvalue weighted by molar-refractivity contribution is 7.90. The summed E-state index contributed by atoms with van der Waals surface area (Å²) in [5.41, 5.74) is 0.827. The first-order valence-electron chi connectivity index (χ1n) is 5.73. The molecule has 18 heavy (non-hydrogen) atoms. The molecule has 1 aromatic rings. The first kappa shape index (κ1) is 14.8. The Morgan fingerprint density at radius 1 is 1.33 bits per heavy atom. The third-order valence-electron chi connectivity index (χ3n) is 2.15. The van der Waals surface area contributed by atoms with E-state index in [4.69, 9.17) is 9.47 Å². The Bertz CT molecular complexity index is 459. The van der Waals surface area contributed by atoms with Crippen molar-refractivity contribution in [1.82, 2.24) is 0 Å². The van der Waals surface area contributed by atoms with Gasteiger partial charge in [0.1, 0.15) is 15.6 Å². The number of hydrogen-bond donors (Lipinski definition) is 1. The van der Waals surface area contributed by atoms with Crippen LogP contribution in [0.25, 0.3) is 0 Å². The summed E-state index contributed by atoms with van der Waals surface area (Å²) < 4.78 is 32.4. The molecule has 0 spiro atoms. The number of sulfone groups is 1. The van der Waals surface area contributed by atoms with E-state index in [-0.39, 0.29) is 12.5 Å². The van der Waals surface area contributed by atoms with Crippen LogP contribution in [0.5, 0.6) is 5.75 Å². The standard InChI is InChI=1S/C12H19NO4S/c1-3-16-10-17-12-6-4-5-11(9-12)13-7-8-18(2,14)15/h4-6,9,13H,3,7-8,10H2,1-2H3. The largest absolute Gasteiger partial charge is 0.467 e. The number of nitrogens with one attached hydrogen (secondary N) is 1. The number of ether oxygens (including phenoxy) is 2. The molecular formula is C12H19NO4S. The molecule has 0 bridgehead atoms. The predicted molar refractivity (Wildman–Crippen MR) is 71.8 cm³/mol. The van der Waals surface area contributed by atoms with Crippen LogP contribution in [0.3, 0.4) is 0 Å². The van der Waals surface area contributed by atoms with Gasteiger partial charge in [-0.2, -0.15) is 0 Å². The van der Waals surface area contributed by atoms with Gasteiger partial charge < -0.3 is 14.8 Å². The minimum absolute atomic E-state index is 0.108. The highest BCUT2D eigenvalue weighted by Gasteiger charge is 2.02. The van der Waals surface area contributed by atoms with E-state index in [9.17, 15) is 8.42 Å². The van der Waals surface area contributed by atoms with Crippen molar-refractivity contribution in [2.75, 3.05) is 37.3 Å². The van der Waals surface area contributed by atoms with Gasteiger partial charge in [-0.25, -0.2) is 8.42 Å². The number of rotatable bonds is 8. The molecule has 1 N–H and O–H groups in total. The molecule has 0 aliphatic heterocycles. The number of hydrogen-bond acceptors (Lipinski definition) is 5. The van der Waals surface area contributed by atoms with E-state index in [0.717, 1.165) is 5.69 Å². The van der Waals surface area contributed by atoms with E-state index < -0.39 is 9.84 Å². The first-order valence-corrected chi connectivity index (χ1v) is 7.79. The Morgan fingerprint density at radius 3 is 2.78 bits per heavy atom. The predicted octanol–water partition coefficient (Wildman–Crippen LogP) is 1.52. The Hall–Kier alpha value is -1.27. The van der Waals surface area contributed by atoms with Crippen LogP contribution >= 0.6 is 0 Å². The Morgan fingerprint density at radius 2 is 2.11 bits per heavy atom. The second kappa shape index (κ2) is 7.23.